The molecule has 0 saturated heterocycles. The van der Waals surface area contributed by atoms with Gasteiger partial charge in [0.25, 0.3) is 0 Å². The number of phenols is 1. The molecule has 0 radical (unpaired) electrons. The van der Waals surface area contributed by atoms with Crippen molar-refractivity contribution in [1.82, 2.24) is 0 Å². The minimum Gasteiger partial charge on any atom is -0.508 e. The van der Waals surface area contributed by atoms with Crippen LogP contribution < -0.4 is 4.74 Å². The maximum absolute atomic E-state index is 9.74. The van der Waals surface area contributed by atoms with Gasteiger partial charge in [0.2, 0.25) is 0 Å². The van der Waals surface area contributed by atoms with Crippen molar-refractivity contribution in [3.8, 4) is 11.5 Å². The molecule has 2 heteroatoms. The second-order valence-corrected chi connectivity index (χ2v) is 4.52. The third-order valence-corrected chi connectivity index (χ3v) is 3.29. The van der Waals surface area contributed by atoms with Gasteiger partial charge in [0, 0.05) is 6.07 Å². The topological polar surface area (TPSA) is 29.5 Å². The summed E-state index contributed by atoms with van der Waals surface area (Å²) in [5, 5.41) is 9.74. The van der Waals surface area contributed by atoms with Crippen LogP contribution in [0.2, 0.25) is 0 Å². The highest BCUT2D eigenvalue weighted by Gasteiger charge is 2.15. The molecule has 1 aliphatic rings. The summed E-state index contributed by atoms with van der Waals surface area (Å²) in [4.78, 5) is 0. The van der Waals surface area contributed by atoms with Gasteiger partial charge in [0.05, 0.1) is 6.10 Å². The van der Waals surface area contributed by atoms with Crippen LogP contribution >= 0.6 is 0 Å². The average molecular weight is 220 g/mol. The molecule has 0 atom stereocenters. The zero-order chi connectivity index (χ0) is 11.4. The predicted molar refractivity (Wildman–Crippen MR) is 65.0 cm³/mol. The van der Waals surface area contributed by atoms with E-state index in [2.05, 4.69) is 0 Å². The van der Waals surface area contributed by atoms with Crippen molar-refractivity contribution in [2.24, 2.45) is 0 Å². The van der Waals surface area contributed by atoms with E-state index in [9.17, 15) is 5.11 Å². The molecule has 1 aromatic carbocycles. The molecule has 2 nitrogen and oxygen atoms in total. The first kappa shape index (κ1) is 11.3. The first-order valence-corrected chi connectivity index (χ1v) is 6.28. The molecule has 0 aromatic heterocycles. The van der Waals surface area contributed by atoms with Crippen LogP contribution in [-0.2, 0) is 6.42 Å². The fraction of sp³-hybridized carbons (Fsp3) is 0.571. The molecule has 1 saturated carbocycles. The maximum atomic E-state index is 9.74. The lowest BCUT2D eigenvalue weighted by molar-refractivity contribution is 0.154. The zero-order valence-electron chi connectivity index (χ0n) is 9.91. The first-order valence-electron chi connectivity index (χ1n) is 6.28. The Kier molecular flexibility index (Phi) is 3.70. The van der Waals surface area contributed by atoms with E-state index in [-0.39, 0.29) is 0 Å². The normalized spacial score (nSPS) is 17.3. The number of hydrogen-bond acceptors (Lipinski definition) is 2. The van der Waals surface area contributed by atoms with Gasteiger partial charge in [-0.1, -0.05) is 19.4 Å². The molecule has 1 aromatic rings. The van der Waals surface area contributed by atoms with E-state index in [1.165, 1.54) is 19.3 Å². The van der Waals surface area contributed by atoms with Crippen LogP contribution in [0.25, 0.3) is 0 Å². The second kappa shape index (κ2) is 5.24. The number of hydrogen-bond donors (Lipinski definition) is 1. The fourth-order valence-electron chi connectivity index (χ4n) is 2.29. The summed E-state index contributed by atoms with van der Waals surface area (Å²) in [5.41, 5.74) is 0.982. The van der Waals surface area contributed by atoms with Gasteiger partial charge >= 0.3 is 0 Å². The Morgan fingerprint density at radius 3 is 2.62 bits per heavy atom. The van der Waals surface area contributed by atoms with Crippen LogP contribution in [0.1, 0.15) is 44.6 Å². The number of aromatic hydroxyl groups is 1. The molecule has 1 aliphatic carbocycles. The number of ether oxygens (including phenoxy) is 1. The quantitative estimate of drug-likeness (QED) is 0.842. The van der Waals surface area contributed by atoms with Crippen LogP contribution in [0, 0.1) is 0 Å². The number of phenolic OH excluding ortho intramolecular Hbond substituents is 1. The summed E-state index contributed by atoms with van der Waals surface area (Å²) < 4.78 is 5.88. The van der Waals surface area contributed by atoms with Crippen LogP contribution in [0.15, 0.2) is 18.2 Å². The average Bonchev–Trinajstić information content (AvgIpc) is 2.31. The molecule has 2 rings (SSSR count). The van der Waals surface area contributed by atoms with E-state index in [1.54, 1.807) is 6.07 Å². The molecule has 0 heterocycles. The molecule has 0 unspecified atom stereocenters. The molecule has 0 spiro atoms. The van der Waals surface area contributed by atoms with Crippen LogP contribution in [0.5, 0.6) is 11.5 Å². The third-order valence-electron chi connectivity index (χ3n) is 3.29. The number of rotatable bonds is 3. The Labute approximate surface area is 97.3 Å². The van der Waals surface area contributed by atoms with Crippen molar-refractivity contribution in [1.29, 1.82) is 0 Å². The summed E-state index contributed by atoms with van der Waals surface area (Å²) in [6, 6.07) is 5.66. The number of benzene rings is 1. The molecule has 1 fully saturated rings. The summed E-state index contributed by atoms with van der Waals surface area (Å²) in [6.07, 6.45) is 7.37. The molecule has 0 bridgehead atoms. The lowest BCUT2D eigenvalue weighted by Gasteiger charge is -2.23. The van der Waals surface area contributed by atoms with Crippen LogP contribution in [0.4, 0.5) is 0 Å². The van der Waals surface area contributed by atoms with E-state index in [0.717, 1.165) is 30.6 Å². The highest BCUT2D eigenvalue weighted by molar-refractivity contribution is 5.39. The van der Waals surface area contributed by atoms with Crippen LogP contribution in [-0.4, -0.2) is 11.2 Å². The van der Waals surface area contributed by atoms with Crippen LogP contribution in [0.3, 0.4) is 0 Å². The van der Waals surface area contributed by atoms with Gasteiger partial charge < -0.3 is 9.84 Å². The van der Waals surface area contributed by atoms with Gasteiger partial charge in [-0.05, 0) is 43.7 Å². The Morgan fingerprint density at radius 1 is 1.25 bits per heavy atom. The molecular weight excluding hydrogens is 200 g/mol. The Bertz CT molecular complexity index is 341. The predicted octanol–water partition coefficient (Wildman–Crippen LogP) is 3.67. The van der Waals surface area contributed by atoms with Gasteiger partial charge in [0.15, 0.2) is 0 Å². The van der Waals surface area contributed by atoms with Crippen molar-refractivity contribution in [3.05, 3.63) is 23.8 Å². The SMILES string of the molecule is CCc1ccc(OC2CCCCC2)cc1O. The fourth-order valence-corrected chi connectivity index (χ4v) is 2.29. The number of aryl methyl sites for hydroxylation is 1. The van der Waals surface area contributed by atoms with Gasteiger partial charge in [-0.25, -0.2) is 0 Å². The van der Waals surface area contributed by atoms with Crippen molar-refractivity contribution >= 4 is 0 Å². The van der Waals surface area contributed by atoms with E-state index < -0.39 is 0 Å². The standard InChI is InChI=1S/C14H20O2/c1-2-11-8-9-13(10-14(11)15)16-12-6-4-3-5-7-12/h8-10,12,15H,2-7H2,1H3. The Hall–Kier alpha value is -1.18. The lowest BCUT2D eigenvalue weighted by Crippen LogP contribution is -2.19. The molecule has 0 amide bonds. The summed E-state index contributed by atoms with van der Waals surface area (Å²) >= 11 is 0. The lowest BCUT2D eigenvalue weighted by atomic mass is 9.98. The molecule has 16 heavy (non-hydrogen) atoms. The summed E-state index contributed by atoms with van der Waals surface area (Å²) in [5.74, 6) is 1.16. The molecule has 0 aliphatic heterocycles. The van der Waals surface area contributed by atoms with Crippen molar-refractivity contribution in [2.45, 2.75) is 51.6 Å². The smallest absolute Gasteiger partial charge is 0.123 e. The van der Waals surface area contributed by atoms with Crippen molar-refractivity contribution in [2.75, 3.05) is 0 Å². The minimum absolute atomic E-state index is 0.348. The highest BCUT2D eigenvalue weighted by atomic mass is 16.5. The third kappa shape index (κ3) is 2.69. The van der Waals surface area contributed by atoms with Gasteiger partial charge in [-0.2, -0.15) is 0 Å². The van der Waals surface area contributed by atoms with Gasteiger partial charge in [-0.3, -0.25) is 0 Å². The Morgan fingerprint density at radius 2 is 2.00 bits per heavy atom. The largest absolute Gasteiger partial charge is 0.508 e. The molecule has 1 N–H and O–H groups in total. The summed E-state index contributed by atoms with van der Waals surface area (Å²) in [6.45, 7) is 2.04. The first-order chi connectivity index (χ1) is 7.79. The van der Waals surface area contributed by atoms with Gasteiger partial charge in [0.1, 0.15) is 11.5 Å². The maximum Gasteiger partial charge on any atom is 0.123 e. The summed E-state index contributed by atoms with van der Waals surface area (Å²) in [7, 11) is 0. The van der Waals surface area contributed by atoms with Crippen molar-refractivity contribution < 1.29 is 9.84 Å². The Balaban J connectivity index is 2.01. The second-order valence-electron chi connectivity index (χ2n) is 4.52. The molecule has 88 valence electrons. The van der Waals surface area contributed by atoms with E-state index in [1.807, 2.05) is 19.1 Å². The zero-order valence-corrected chi connectivity index (χ0v) is 9.91. The minimum atomic E-state index is 0.348. The van der Waals surface area contributed by atoms with E-state index in [0.29, 0.717) is 11.9 Å². The monoisotopic (exact) mass is 220 g/mol. The van der Waals surface area contributed by atoms with Crippen molar-refractivity contribution in [3.63, 3.8) is 0 Å². The van der Waals surface area contributed by atoms with Gasteiger partial charge in [-0.15, -0.1) is 0 Å². The van der Waals surface area contributed by atoms with E-state index in [4.69, 9.17) is 4.74 Å². The highest BCUT2D eigenvalue weighted by Crippen LogP contribution is 2.27. The van der Waals surface area contributed by atoms with E-state index >= 15 is 0 Å². The molecular formula is C14H20O2.